The molecular weight excluding hydrogens is 462 g/mol. The molecule has 2 atom stereocenters. The number of pyridine rings is 1. The van der Waals surface area contributed by atoms with Crippen LogP contribution < -0.4 is 0 Å². The number of aromatic nitrogens is 1. The number of nitrogens with zero attached hydrogens (tertiary/aromatic N) is 3. The number of aliphatic hydroxyl groups is 1. The van der Waals surface area contributed by atoms with Crippen molar-refractivity contribution < 1.29 is 14.6 Å². The van der Waals surface area contributed by atoms with Crippen LogP contribution in [0.3, 0.4) is 0 Å². The molecule has 1 N–H and O–H groups in total. The number of cyclic esters (lactones) is 1. The molecule has 2 aliphatic rings. The smallest absolute Gasteiger partial charge is 0.411 e. The van der Waals surface area contributed by atoms with Gasteiger partial charge in [0.2, 0.25) is 0 Å². The van der Waals surface area contributed by atoms with Gasteiger partial charge in [-0.05, 0) is 56.4 Å². The lowest BCUT2D eigenvalue weighted by atomic mass is 9.80. The van der Waals surface area contributed by atoms with Crippen LogP contribution in [0.15, 0.2) is 72.9 Å². The van der Waals surface area contributed by atoms with Crippen LogP contribution in [0.5, 0.6) is 0 Å². The second-order valence-electron chi connectivity index (χ2n) is 11.1. The first kappa shape index (κ1) is 25.0. The zero-order valence-corrected chi connectivity index (χ0v) is 21.6. The van der Waals surface area contributed by atoms with Crippen LogP contribution in [0.4, 0.5) is 4.79 Å². The van der Waals surface area contributed by atoms with Crippen molar-refractivity contribution in [2.24, 2.45) is 0 Å². The SMILES string of the molecule is CC(c1ccc(-c2ccc(C3(C#N)CC3)nc2)cc1)N1CCC(CC(C)(C)O)(c2ccccc2)OC1=O. The van der Waals surface area contributed by atoms with E-state index in [1.54, 1.807) is 18.7 Å². The van der Waals surface area contributed by atoms with Crippen LogP contribution in [-0.4, -0.2) is 33.2 Å². The summed E-state index contributed by atoms with van der Waals surface area (Å²) in [6.45, 7) is 6.03. The molecule has 1 aliphatic carbocycles. The van der Waals surface area contributed by atoms with E-state index in [4.69, 9.17) is 4.74 Å². The third-order valence-electron chi connectivity index (χ3n) is 7.70. The molecule has 37 heavy (non-hydrogen) atoms. The summed E-state index contributed by atoms with van der Waals surface area (Å²) in [5.74, 6) is 0. The van der Waals surface area contributed by atoms with Crippen molar-refractivity contribution in [2.75, 3.05) is 6.54 Å². The Morgan fingerprint density at radius 1 is 1.05 bits per heavy atom. The molecule has 1 aromatic heterocycles. The van der Waals surface area contributed by atoms with Gasteiger partial charge < -0.3 is 14.7 Å². The highest BCUT2D eigenvalue weighted by Gasteiger charge is 2.47. The second-order valence-corrected chi connectivity index (χ2v) is 11.1. The van der Waals surface area contributed by atoms with Crippen LogP contribution in [-0.2, 0) is 15.8 Å². The van der Waals surface area contributed by atoms with Gasteiger partial charge in [-0.1, -0.05) is 60.7 Å². The highest BCUT2D eigenvalue weighted by Crippen LogP contribution is 2.47. The minimum atomic E-state index is -0.985. The quantitative estimate of drug-likeness (QED) is 0.418. The van der Waals surface area contributed by atoms with Gasteiger partial charge in [0.15, 0.2) is 0 Å². The molecule has 1 aliphatic heterocycles. The van der Waals surface area contributed by atoms with Crippen LogP contribution in [0.25, 0.3) is 11.1 Å². The second kappa shape index (κ2) is 9.32. The van der Waals surface area contributed by atoms with Gasteiger partial charge in [0.05, 0.1) is 28.8 Å². The molecule has 0 bridgehead atoms. The lowest BCUT2D eigenvalue weighted by molar-refractivity contribution is -0.101. The molecule has 3 aromatic rings. The van der Waals surface area contributed by atoms with E-state index in [0.717, 1.165) is 40.8 Å². The topological polar surface area (TPSA) is 86.5 Å². The zero-order valence-electron chi connectivity index (χ0n) is 21.6. The van der Waals surface area contributed by atoms with E-state index in [9.17, 15) is 15.2 Å². The number of amides is 1. The monoisotopic (exact) mass is 495 g/mol. The Bertz CT molecular complexity index is 1300. The number of nitriles is 1. The summed E-state index contributed by atoms with van der Waals surface area (Å²) in [6, 6.07) is 24.1. The minimum Gasteiger partial charge on any atom is -0.438 e. The Morgan fingerprint density at radius 3 is 2.27 bits per heavy atom. The van der Waals surface area contributed by atoms with E-state index in [-0.39, 0.29) is 17.6 Å². The maximum atomic E-state index is 13.3. The average molecular weight is 496 g/mol. The van der Waals surface area contributed by atoms with Gasteiger partial charge in [-0.3, -0.25) is 4.98 Å². The summed E-state index contributed by atoms with van der Waals surface area (Å²) >= 11 is 0. The molecule has 5 rings (SSSR count). The van der Waals surface area contributed by atoms with Crippen molar-refractivity contribution in [2.45, 2.75) is 69.1 Å². The fourth-order valence-corrected chi connectivity index (χ4v) is 5.42. The van der Waals surface area contributed by atoms with Crippen molar-refractivity contribution in [1.29, 1.82) is 5.26 Å². The van der Waals surface area contributed by atoms with Gasteiger partial charge in [0, 0.05) is 31.1 Å². The van der Waals surface area contributed by atoms with E-state index in [1.165, 1.54) is 0 Å². The summed E-state index contributed by atoms with van der Waals surface area (Å²) < 4.78 is 6.13. The number of rotatable bonds is 7. The summed E-state index contributed by atoms with van der Waals surface area (Å²) in [7, 11) is 0. The zero-order chi connectivity index (χ0) is 26.3. The molecule has 2 unspecified atom stereocenters. The molecule has 0 spiro atoms. The van der Waals surface area contributed by atoms with Gasteiger partial charge in [0.1, 0.15) is 5.60 Å². The first-order valence-corrected chi connectivity index (χ1v) is 12.9. The van der Waals surface area contributed by atoms with E-state index in [2.05, 4.69) is 11.1 Å². The minimum absolute atomic E-state index is 0.164. The molecule has 6 nitrogen and oxygen atoms in total. The number of ether oxygens (including phenoxy) is 1. The molecule has 190 valence electrons. The number of carbonyl (C=O) groups is 1. The summed E-state index contributed by atoms with van der Waals surface area (Å²) in [5, 5.41) is 20.0. The molecular formula is C31H33N3O3. The molecule has 2 heterocycles. The maximum absolute atomic E-state index is 13.3. The van der Waals surface area contributed by atoms with E-state index in [1.807, 2.05) is 79.9 Å². The maximum Gasteiger partial charge on any atom is 0.411 e. The molecule has 2 fully saturated rings. The van der Waals surface area contributed by atoms with Crippen LogP contribution in [0, 0.1) is 11.3 Å². The lowest BCUT2D eigenvalue weighted by Gasteiger charge is -2.45. The molecule has 6 heteroatoms. The first-order chi connectivity index (χ1) is 17.6. The van der Waals surface area contributed by atoms with Crippen molar-refractivity contribution in [3.05, 3.63) is 89.7 Å². The molecule has 1 amide bonds. The van der Waals surface area contributed by atoms with E-state index in [0.29, 0.717) is 19.4 Å². The number of hydrogen-bond acceptors (Lipinski definition) is 5. The van der Waals surface area contributed by atoms with Crippen LogP contribution >= 0.6 is 0 Å². The Balaban J connectivity index is 1.31. The predicted molar refractivity (Wildman–Crippen MR) is 141 cm³/mol. The Labute approximate surface area is 218 Å². The van der Waals surface area contributed by atoms with Crippen molar-refractivity contribution >= 4 is 6.09 Å². The average Bonchev–Trinajstić information content (AvgIpc) is 3.70. The largest absolute Gasteiger partial charge is 0.438 e. The highest BCUT2D eigenvalue weighted by molar-refractivity contribution is 5.70. The Hall–Kier alpha value is -3.69. The molecule has 0 radical (unpaired) electrons. The van der Waals surface area contributed by atoms with E-state index < -0.39 is 11.2 Å². The van der Waals surface area contributed by atoms with Crippen molar-refractivity contribution in [3.8, 4) is 17.2 Å². The molecule has 1 saturated heterocycles. The highest BCUT2D eigenvalue weighted by atomic mass is 16.6. The van der Waals surface area contributed by atoms with Crippen molar-refractivity contribution in [1.82, 2.24) is 9.88 Å². The Morgan fingerprint density at radius 2 is 1.73 bits per heavy atom. The van der Waals surface area contributed by atoms with Crippen LogP contribution in [0.2, 0.25) is 0 Å². The summed E-state index contributed by atoms with van der Waals surface area (Å²) in [4.78, 5) is 19.6. The summed E-state index contributed by atoms with van der Waals surface area (Å²) in [5.41, 5.74) is 2.57. The standard InChI is InChI=1S/C31H33N3O3/c1-22(23-9-11-24(12-10-23)25-13-14-27(33-19-25)30(21-32)15-16-30)34-18-17-31(37-28(34)35,20-29(2,3)36)26-7-5-4-6-8-26/h4-14,19,22,36H,15-18,20H2,1-3H3. The van der Waals surface area contributed by atoms with Crippen molar-refractivity contribution in [3.63, 3.8) is 0 Å². The number of carbonyl (C=O) groups excluding carboxylic acids is 1. The first-order valence-electron chi connectivity index (χ1n) is 12.9. The van der Waals surface area contributed by atoms with Gasteiger partial charge in [-0.2, -0.15) is 5.26 Å². The number of hydrogen-bond donors (Lipinski definition) is 1. The lowest BCUT2D eigenvalue weighted by Crippen LogP contribution is -2.51. The van der Waals surface area contributed by atoms with Gasteiger partial charge >= 0.3 is 6.09 Å². The third-order valence-corrected chi connectivity index (χ3v) is 7.70. The predicted octanol–water partition coefficient (Wildman–Crippen LogP) is 6.26. The fraction of sp³-hybridized carbons (Fsp3) is 0.387. The normalized spacial score (nSPS) is 21.6. The number of benzene rings is 2. The van der Waals surface area contributed by atoms with Crippen LogP contribution in [0.1, 0.15) is 69.3 Å². The Kier molecular flexibility index (Phi) is 6.29. The molecule has 1 saturated carbocycles. The third kappa shape index (κ3) is 4.97. The molecule has 2 aromatic carbocycles. The fourth-order valence-electron chi connectivity index (χ4n) is 5.42. The van der Waals surface area contributed by atoms with Gasteiger partial charge in [-0.15, -0.1) is 0 Å². The van der Waals surface area contributed by atoms with Gasteiger partial charge in [0.25, 0.3) is 0 Å². The van der Waals surface area contributed by atoms with Gasteiger partial charge in [-0.25, -0.2) is 4.79 Å². The van der Waals surface area contributed by atoms with E-state index >= 15 is 0 Å². The summed E-state index contributed by atoms with van der Waals surface area (Å²) in [6.07, 6.45) is 4.14.